The predicted molar refractivity (Wildman–Crippen MR) is 73.6 cm³/mol. The number of aliphatic hydroxyl groups is 1. The van der Waals surface area contributed by atoms with Gasteiger partial charge in [-0.1, -0.05) is 26.2 Å². The van der Waals surface area contributed by atoms with Crippen LogP contribution >= 0.6 is 0 Å². The molecule has 0 aromatic carbocycles. The van der Waals surface area contributed by atoms with E-state index in [2.05, 4.69) is 19.2 Å². The standard InChI is InChI=1S/C15H29NO2/c1-3-12(11-17)16-13-10-14(18-4-2)15(13)8-6-5-7-9-15/h12-14,16-17H,3-11H2,1-2H3. The molecule has 2 aliphatic carbocycles. The zero-order chi connectivity index (χ0) is 13.0. The summed E-state index contributed by atoms with van der Waals surface area (Å²) in [5.41, 5.74) is 0.372. The summed E-state index contributed by atoms with van der Waals surface area (Å²) in [4.78, 5) is 0. The minimum absolute atomic E-state index is 0.252. The second-order valence-electron chi connectivity index (χ2n) is 5.98. The molecular formula is C15H29NO2. The van der Waals surface area contributed by atoms with E-state index < -0.39 is 0 Å². The van der Waals surface area contributed by atoms with E-state index in [0.717, 1.165) is 19.4 Å². The van der Waals surface area contributed by atoms with Crippen LogP contribution in [0.15, 0.2) is 0 Å². The molecule has 3 atom stereocenters. The topological polar surface area (TPSA) is 41.5 Å². The van der Waals surface area contributed by atoms with Gasteiger partial charge in [-0.15, -0.1) is 0 Å². The smallest absolute Gasteiger partial charge is 0.0661 e. The Hall–Kier alpha value is -0.120. The Kier molecular flexibility index (Phi) is 5.05. The summed E-state index contributed by atoms with van der Waals surface area (Å²) in [6.45, 7) is 5.32. The molecule has 1 spiro atoms. The van der Waals surface area contributed by atoms with Crippen molar-refractivity contribution in [1.29, 1.82) is 0 Å². The fraction of sp³-hybridized carbons (Fsp3) is 1.00. The molecule has 0 bridgehead atoms. The van der Waals surface area contributed by atoms with Gasteiger partial charge >= 0.3 is 0 Å². The normalized spacial score (nSPS) is 32.2. The van der Waals surface area contributed by atoms with E-state index in [1.165, 1.54) is 32.1 Å². The highest BCUT2D eigenvalue weighted by molar-refractivity contribution is 5.09. The molecule has 0 radical (unpaired) electrons. The summed E-state index contributed by atoms with van der Waals surface area (Å²) in [5.74, 6) is 0. The number of rotatable bonds is 6. The highest BCUT2D eigenvalue weighted by Crippen LogP contribution is 2.53. The van der Waals surface area contributed by atoms with Gasteiger partial charge in [-0.2, -0.15) is 0 Å². The second kappa shape index (κ2) is 6.36. The average Bonchev–Trinajstić information content (AvgIpc) is 2.43. The van der Waals surface area contributed by atoms with Gasteiger partial charge in [0.1, 0.15) is 0 Å². The van der Waals surface area contributed by atoms with E-state index in [4.69, 9.17) is 4.74 Å². The van der Waals surface area contributed by atoms with E-state index in [0.29, 0.717) is 17.6 Å². The molecule has 18 heavy (non-hydrogen) atoms. The molecule has 0 amide bonds. The van der Waals surface area contributed by atoms with Crippen LogP contribution in [0, 0.1) is 5.41 Å². The molecule has 3 heteroatoms. The highest BCUT2D eigenvalue weighted by atomic mass is 16.5. The van der Waals surface area contributed by atoms with Crippen molar-refractivity contribution in [2.45, 2.75) is 77.0 Å². The van der Waals surface area contributed by atoms with E-state index >= 15 is 0 Å². The van der Waals surface area contributed by atoms with Crippen LogP contribution in [0.3, 0.4) is 0 Å². The van der Waals surface area contributed by atoms with Gasteiger partial charge in [-0.25, -0.2) is 0 Å². The van der Waals surface area contributed by atoms with Crippen molar-refractivity contribution in [3.8, 4) is 0 Å². The van der Waals surface area contributed by atoms with Gasteiger partial charge < -0.3 is 15.2 Å². The van der Waals surface area contributed by atoms with Crippen molar-refractivity contribution in [2.24, 2.45) is 5.41 Å². The number of hydrogen-bond acceptors (Lipinski definition) is 3. The first-order valence-electron chi connectivity index (χ1n) is 7.75. The third-order valence-corrected chi connectivity index (χ3v) is 5.09. The summed E-state index contributed by atoms with van der Waals surface area (Å²) in [6, 6.07) is 0.822. The Morgan fingerprint density at radius 2 is 2.00 bits per heavy atom. The molecule has 3 nitrogen and oxygen atoms in total. The van der Waals surface area contributed by atoms with Crippen LogP contribution in [0.1, 0.15) is 58.8 Å². The minimum Gasteiger partial charge on any atom is -0.395 e. The first-order valence-corrected chi connectivity index (χ1v) is 7.75. The molecule has 2 rings (SSSR count). The maximum Gasteiger partial charge on any atom is 0.0661 e. The molecule has 0 aromatic rings. The molecule has 2 N–H and O–H groups in total. The van der Waals surface area contributed by atoms with Gasteiger partial charge in [-0.3, -0.25) is 0 Å². The summed E-state index contributed by atoms with van der Waals surface area (Å²) in [7, 11) is 0. The lowest BCUT2D eigenvalue weighted by Crippen LogP contribution is -2.66. The van der Waals surface area contributed by atoms with Crippen molar-refractivity contribution < 1.29 is 9.84 Å². The fourth-order valence-electron chi connectivity index (χ4n) is 3.88. The number of aliphatic hydroxyl groups excluding tert-OH is 1. The molecule has 0 aromatic heterocycles. The van der Waals surface area contributed by atoms with E-state index in [1.54, 1.807) is 0 Å². The van der Waals surface area contributed by atoms with Crippen LogP contribution in [0.5, 0.6) is 0 Å². The van der Waals surface area contributed by atoms with Crippen LogP contribution in [0.25, 0.3) is 0 Å². The third kappa shape index (κ3) is 2.59. The summed E-state index contributed by atoms with van der Waals surface area (Å²) in [5, 5.41) is 13.0. The van der Waals surface area contributed by atoms with E-state index in [1.807, 2.05) is 0 Å². The van der Waals surface area contributed by atoms with Crippen molar-refractivity contribution in [3.05, 3.63) is 0 Å². The lowest BCUT2D eigenvalue weighted by atomic mass is 9.55. The fourth-order valence-corrected chi connectivity index (χ4v) is 3.88. The predicted octanol–water partition coefficient (Wildman–Crippen LogP) is 2.47. The second-order valence-corrected chi connectivity index (χ2v) is 5.98. The van der Waals surface area contributed by atoms with Crippen LogP contribution in [0.2, 0.25) is 0 Å². The lowest BCUT2D eigenvalue weighted by Gasteiger charge is -2.58. The third-order valence-electron chi connectivity index (χ3n) is 5.09. The molecule has 0 saturated heterocycles. The maximum atomic E-state index is 9.36. The Labute approximate surface area is 111 Å². The van der Waals surface area contributed by atoms with Crippen molar-refractivity contribution in [1.82, 2.24) is 5.32 Å². The number of ether oxygens (including phenoxy) is 1. The van der Waals surface area contributed by atoms with Crippen LogP contribution < -0.4 is 5.32 Å². The van der Waals surface area contributed by atoms with Gasteiger partial charge in [0.05, 0.1) is 12.7 Å². The summed E-state index contributed by atoms with van der Waals surface area (Å²) >= 11 is 0. The maximum absolute atomic E-state index is 9.36. The van der Waals surface area contributed by atoms with Gasteiger partial charge in [0, 0.05) is 24.1 Å². The zero-order valence-electron chi connectivity index (χ0n) is 12.0. The summed E-state index contributed by atoms with van der Waals surface area (Å²) in [6.07, 6.45) is 9.26. The molecule has 2 fully saturated rings. The van der Waals surface area contributed by atoms with E-state index in [9.17, 15) is 5.11 Å². The molecule has 2 aliphatic rings. The Morgan fingerprint density at radius 1 is 1.28 bits per heavy atom. The largest absolute Gasteiger partial charge is 0.395 e. The molecule has 0 aliphatic heterocycles. The Bertz CT molecular complexity index is 247. The lowest BCUT2D eigenvalue weighted by molar-refractivity contribution is -0.153. The van der Waals surface area contributed by atoms with Crippen LogP contribution in [-0.2, 0) is 4.74 Å². The monoisotopic (exact) mass is 255 g/mol. The van der Waals surface area contributed by atoms with Gasteiger partial charge in [0.15, 0.2) is 0 Å². The van der Waals surface area contributed by atoms with Gasteiger partial charge in [-0.05, 0) is 32.6 Å². The van der Waals surface area contributed by atoms with Crippen LogP contribution in [-0.4, -0.2) is 36.5 Å². The van der Waals surface area contributed by atoms with Crippen molar-refractivity contribution >= 4 is 0 Å². The quantitative estimate of drug-likeness (QED) is 0.766. The minimum atomic E-state index is 0.252. The van der Waals surface area contributed by atoms with Crippen molar-refractivity contribution in [2.75, 3.05) is 13.2 Å². The van der Waals surface area contributed by atoms with Crippen LogP contribution in [0.4, 0.5) is 0 Å². The van der Waals surface area contributed by atoms with Gasteiger partial charge in [0.25, 0.3) is 0 Å². The Balaban J connectivity index is 1.98. The summed E-state index contributed by atoms with van der Waals surface area (Å²) < 4.78 is 5.95. The molecular weight excluding hydrogens is 226 g/mol. The number of hydrogen-bond donors (Lipinski definition) is 2. The molecule has 2 saturated carbocycles. The number of nitrogens with one attached hydrogen (secondary N) is 1. The molecule has 3 unspecified atom stereocenters. The first kappa shape index (κ1) is 14.3. The Morgan fingerprint density at radius 3 is 2.56 bits per heavy atom. The SMILES string of the molecule is CCOC1CC(NC(CC)CO)C12CCCCC2. The van der Waals surface area contributed by atoms with Crippen molar-refractivity contribution in [3.63, 3.8) is 0 Å². The highest BCUT2D eigenvalue weighted by Gasteiger charge is 2.55. The average molecular weight is 255 g/mol. The molecule has 0 heterocycles. The zero-order valence-corrected chi connectivity index (χ0v) is 12.0. The first-order chi connectivity index (χ1) is 8.76. The molecule has 106 valence electrons. The van der Waals surface area contributed by atoms with E-state index in [-0.39, 0.29) is 12.6 Å². The van der Waals surface area contributed by atoms with Gasteiger partial charge in [0.2, 0.25) is 0 Å².